The molecule has 5 atom stereocenters. The lowest BCUT2D eigenvalue weighted by atomic mass is 9.98. The number of amides is 2. The summed E-state index contributed by atoms with van der Waals surface area (Å²) >= 11 is 0. The number of nitrogens with zero attached hydrogens (tertiary/aromatic N) is 1. The van der Waals surface area contributed by atoms with E-state index < -0.39 is 52.3 Å². The highest BCUT2D eigenvalue weighted by Gasteiger charge is 2.61. The van der Waals surface area contributed by atoms with Crippen LogP contribution in [0.25, 0.3) is 0 Å². The number of rotatable bonds is 7. The predicted octanol–water partition coefficient (Wildman–Crippen LogP) is 1.71. The van der Waals surface area contributed by atoms with E-state index in [0.717, 1.165) is 21.6 Å². The van der Waals surface area contributed by atoms with Crippen LogP contribution >= 0.6 is 0 Å². The van der Waals surface area contributed by atoms with Crippen molar-refractivity contribution in [1.82, 2.24) is 10.2 Å². The predicted molar refractivity (Wildman–Crippen MR) is 136 cm³/mol. The molecule has 0 bridgehead atoms. The van der Waals surface area contributed by atoms with Gasteiger partial charge < -0.3 is 20.1 Å². The molecule has 5 rings (SSSR count). The maximum absolute atomic E-state index is 13.4. The zero-order valence-electron chi connectivity index (χ0n) is 19.8. The van der Waals surface area contributed by atoms with Gasteiger partial charge in [0.1, 0.15) is 11.4 Å². The molecule has 2 aliphatic rings. The summed E-state index contributed by atoms with van der Waals surface area (Å²) in [7, 11) is -1.66. The lowest BCUT2D eigenvalue weighted by molar-refractivity contribution is -0.173. The molecule has 3 aromatic carbocycles. The van der Waals surface area contributed by atoms with Gasteiger partial charge in [-0.05, 0) is 16.7 Å². The molecule has 0 radical (unpaired) electrons. The molecule has 37 heavy (non-hydrogen) atoms. The lowest BCUT2D eigenvalue weighted by Gasteiger charge is -2.53. The number of nitrogens with one attached hydrogen (secondary N) is 1. The Balaban J connectivity index is 1.33. The highest BCUT2D eigenvalue weighted by atomic mass is 32.2. The smallest absolute Gasteiger partial charge is 0.332 e. The summed E-state index contributed by atoms with van der Waals surface area (Å²) < 4.78 is 18.7. The van der Waals surface area contributed by atoms with Gasteiger partial charge in [-0.1, -0.05) is 91.0 Å². The lowest BCUT2D eigenvalue weighted by Crippen LogP contribution is -2.79. The third-order valence-electron chi connectivity index (χ3n) is 6.55. The minimum absolute atomic E-state index is 0.0634. The largest absolute Gasteiger partial charge is 0.451 e. The first kappa shape index (κ1) is 24.9. The van der Waals surface area contributed by atoms with Crippen LogP contribution < -0.4 is 5.32 Å². The molecule has 2 unspecified atom stereocenters. The van der Waals surface area contributed by atoms with Crippen molar-refractivity contribution in [2.45, 2.75) is 36.1 Å². The second-order valence-corrected chi connectivity index (χ2v) is 10.6. The maximum Gasteiger partial charge on any atom is 0.332 e. The van der Waals surface area contributed by atoms with E-state index in [0.29, 0.717) is 0 Å². The van der Waals surface area contributed by atoms with Crippen molar-refractivity contribution in [1.29, 1.82) is 0 Å². The molecule has 9 heteroatoms. The van der Waals surface area contributed by atoms with Crippen LogP contribution in [0.15, 0.2) is 91.0 Å². The van der Waals surface area contributed by atoms with E-state index >= 15 is 0 Å². The summed E-state index contributed by atoms with van der Waals surface area (Å²) in [6.45, 7) is 0. The monoisotopic (exact) mass is 518 g/mol. The fourth-order valence-electron chi connectivity index (χ4n) is 4.78. The van der Waals surface area contributed by atoms with Crippen LogP contribution in [0.5, 0.6) is 0 Å². The third-order valence-corrected chi connectivity index (χ3v) is 8.26. The number of fused-ring (bicyclic) bond motifs is 1. The number of ether oxygens (including phenoxy) is 1. The third kappa shape index (κ3) is 5.05. The van der Waals surface area contributed by atoms with Crippen molar-refractivity contribution < 1.29 is 28.4 Å². The Labute approximate surface area is 216 Å². The Morgan fingerprint density at radius 1 is 0.946 bits per heavy atom. The summed E-state index contributed by atoms with van der Waals surface area (Å²) in [5.41, 5.74) is 2.24. The summed E-state index contributed by atoms with van der Waals surface area (Å²) in [6, 6.07) is 25.0. The fraction of sp³-hybridized carbons (Fsp3) is 0.250. The Kier molecular flexibility index (Phi) is 7.16. The molecule has 0 aromatic heterocycles. The van der Waals surface area contributed by atoms with Crippen LogP contribution in [0.1, 0.15) is 22.8 Å². The van der Waals surface area contributed by atoms with Gasteiger partial charge in [-0.25, -0.2) is 4.79 Å². The topological polar surface area (TPSA) is 113 Å². The molecule has 2 N–H and O–H groups in total. The minimum atomic E-state index is -1.66. The van der Waals surface area contributed by atoms with Crippen molar-refractivity contribution in [2.24, 2.45) is 0 Å². The van der Waals surface area contributed by atoms with Gasteiger partial charge in [0.25, 0.3) is 0 Å². The average Bonchev–Trinajstić information content (AvgIpc) is 2.91. The standard InChI is InChI=1S/C28H26N2O6S/c31-21-17-37(35)27-23(29-22(32)16-18-10-4-1-5-11-18)26(33)30(27)24(21)28(34)36-25(19-12-6-2-7-13-19)20-14-8-3-9-15-20/h1-15,21,23-25,27,31H,16-17H2,(H,29,32)/t21?,23-,24-,27-,37?/m1/s1. The van der Waals surface area contributed by atoms with Gasteiger partial charge >= 0.3 is 5.97 Å². The van der Waals surface area contributed by atoms with Gasteiger partial charge in [0.05, 0.1) is 18.3 Å². The Hall–Kier alpha value is -3.82. The molecule has 2 aliphatic heterocycles. The number of aliphatic hydroxyl groups excluding tert-OH is 1. The van der Waals surface area contributed by atoms with Crippen LogP contribution in [0.4, 0.5) is 0 Å². The molecular weight excluding hydrogens is 492 g/mol. The first-order valence-corrected chi connectivity index (χ1v) is 13.3. The molecular formula is C28H26N2O6S. The van der Waals surface area contributed by atoms with E-state index in [4.69, 9.17) is 4.74 Å². The number of hydrogen-bond acceptors (Lipinski definition) is 6. The highest BCUT2D eigenvalue weighted by molar-refractivity contribution is 7.85. The number of esters is 1. The minimum Gasteiger partial charge on any atom is -0.451 e. The van der Waals surface area contributed by atoms with E-state index in [1.165, 1.54) is 0 Å². The average molecular weight is 519 g/mol. The van der Waals surface area contributed by atoms with Crippen LogP contribution in [-0.2, 0) is 36.3 Å². The van der Waals surface area contributed by atoms with Gasteiger partial charge in [0.2, 0.25) is 11.8 Å². The summed E-state index contributed by atoms with van der Waals surface area (Å²) in [6.07, 6.45) is -2.05. The van der Waals surface area contributed by atoms with Crippen molar-refractivity contribution in [2.75, 3.05) is 5.75 Å². The van der Waals surface area contributed by atoms with Crippen LogP contribution in [-0.4, -0.2) is 61.3 Å². The van der Waals surface area contributed by atoms with Crippen molar-refractivity contribution in [3.8, 4) is 0 Å². The van der Waals surface area contributed by atoms with Gasteiger partial charge in [0.15, 0.2) is 12.1 Å². The Morgan fingerprint density at radius 3 is 2.05 bits per heavy atom. The zero-order chi connectivity index (χ0) is 25.9. The van der Waals surface area contributed by atoms with Gasteiger partial charge in [-0.15, -0.1) is 0 Å². The summed E-state index contributed by atoms with van der Waals surface area (Å²) in [5.74, 6) is -1.97. The SMILES string of the molecule is O=C(Cc1ccccc1)N[C@@H]1C(=O)N2[C@@H]1S(=O)CC(O)[C@@H]2C(=O)OC(c1ccccc1)c1ccccc1. The molecule has 2 amide bonds. The normalized spacial score (nSPS) is 24.6. The number of hydrogen-bond donors (Lipinski definition) is 2. The summed E-state index contributed by atoms with van der Waals surface area (Å²) in [5, 5.41) is 12.4. The molecule has 2 saturated heterocycles. The van der Waals surface area contributed by atoms with Crippen molar-refractivity contribution >= 4 is 28.6 Å². The van der Waals surface area contributed by atoms with E-state index in [1.54, 1.807) is 12.1 Å². The molecule has 8 nitrogen and oxygen atoms in total. The maximum atomic E-state index is 13.4. The van der Waals surface area contributed by atoms with E-state index in [2.05, 4.69) is 5.32 Å². The zero-order valence-corrected chi connectivity index (χ0v) is 20.6. The second-order valence-electron chi connectivity index (χ2n) is 9.04. The quantitative estimate of drug-likeness (QED) is 0.364. The molecule has 190 valence electrons. The van der Waals surface area contributed by atoms with Gasteiger partial charge in [-0.3, -0.25) is 13.8 Å². The van der Waals surface area contributed by atoms with Crippen LogP contribution in [0.2, 0.25) is 0 Å². The second kappa shape index (κ2) is 10.7. The van der Waals surface area contributed by atoms with Gasteiger partial charge in [0, 0.05) is 10.8 Å². The molecule has 2 fully saturated rings. The van der Waals surface area contributed by atoms with Crippen molar-refractivity contribution in [3.63, 3.8) is 0 Å². The molecule has 3 aromatic rings. The number of aliphatic hydroxyl groups is 1. The number of carbonyl (C=O) groups is 3. The van der Waals surface area contributed by atoms with E-state index in [9.17, 15) is 23.7 Å². The fourth-order valence-corrected chi connectivity index (χ4v) is 6.48. The number of carbonyl (C=O) groups excluding carboxylic acids is 3. The van der Waals surface area contributed by atoms with Crippen LogP contribution in [0, 0.1) is 0 Å². The molecule has 0 saturated carbocycles. The van der Waals surface area contributed by atoms with E-state index in [-0.39, 0.29) is 18.1 Å². The first-order valence-electron chi connectivity index (χ1n) is 11.9. The molecule has 2 heterocycles. The summed E-state index contributed by atoms with van der Waals surface area (Å²) in [4.78, 5) is 40.2. The number of benzene rings is 3. The highest BCUT2D eigenvalue weighted by Crippen LogP contribution is 2.35. The Bertz CT molecular complexity index is 1260. The molecule has 0 aliphatic carbocycles. The van der Waals surface area contributed by atoms with Gasteiger partial charge in [-0.2, -0.15) is 0 Å². The van der Waals surface area contributed by atoms with E-state index in [1.807, 2.05) is 78.9 Å². The molecule has 0 spiro atoms. The first-order chi connectivity index (χ1) is 17.9. The van der Waals surface area contributed by atoms with Crippen molar-refractivity contribution in [3.05, 3.63) is 108 Å². The number of β-lactam (4-membered cyclic amide) rings is 1. The Morgan fingerprint density at radius 2 is 1.49 bits per heavy atom. The van der Waals surface area contributed by atoms with Crippen LogP contribution in [0.3, 0.4) is 0 Å².